The zero-order valence-corrected chi connectivity index (χ0v) is 17.8. The molecule has 2 atom stereocenters. The first kappa shape index (κ1) is 19.5. The minimum atomic E-state index is -3.54. The van der Waals surface area contributed by atoms with Crippen LogP contribution in [0.4, 0.5) is 0 Å². The third-order valence-electron chi connectivity index (χ3n) is 6.11. The van der Waals surface area contributed by atoms with Crippen LogP contribution in [0, 0.1) is 5.92 Å². The fourth-order valence-electron chi connectivity index (χ4n) is 4.69. The maximum Gasteiger partial charge on any atom is 0.258 e. The first-order valence-corrected chi connectivity index (χ1v) is 11.8. The second-order valence-electron chi connectivity index (χ2n) is 8.03. The van der Waals surface area contributed by atoms with Gasteiger partial charge in [-0.15, -0.1) is 0 Å². The van der Waals surface area contributed by atoms with Gasteiger partial charge in [0.05, 0.1) is 4.90 Å². The van der Waals surface area contributed by atoms with Gasteiger partial charge >= 0.3 is 0 Å². The summed E-state index contributed by atoms with van der Waals surface area (Å²) in [5.41, 5.74) is 2.37. The Kier molecular flexibility index (Phi) is 4.81. The number of aromatic nitrogens is 1. The summed E-state index contributed by atoms with van der Waals surface area (Å²) < 4.78 is 29.6. The van der Waals surface area contributed by atoms with Gasteiger partial charge in [-0.05, 0) is 54.3 Å². The first-order valence-electron chi connectivity index (χ1n) is 9.98. The van der Waals surface area contributed by atoms with Gasteiger partial charge in [-0.25, -0.2) is 8.42 Å². The molecule has 2 aliphatic heterocycles. The van der Waals surface area contributed by atoms with E-state index in [1.807, 2.05) is 34.9 Å². The average Bonchev–Trinajstić information content (AvgIpc) is 2.76. The fraction of sp³-hybridized carbons (Fsp3) is 0.261. The Balaban J connectivity index is 1.50. The molecule has 30 heavy (non-hydrogen) atoms. The number of hydrogen-bond acceptors (Lipinski definition) is 3. The normalized spacial score (nSPS) is 21.2. The van der Waals surface area contributed by atoms with Crippen LogP contribution in [0.25, 0.3) is 11.1 Å². The van der Waals surface area contributed by atoms with Crippen LogP contribution in [-0.4, -0.2) is 30.4 Å². The summed E-state index contributed by atoms with van der Waals surface area (Å²) in [7, 11) is -3.54. The van der Waals surface area contributed by atoms with Gasteiger partial charge in [0.15, 0.2) is 0 Å². The maximum absolute atomic E-state index is 13.2. The van der Waals surface area contributed by atoms with Crippen LogP contribution in [0.15, 0.2) is 76.4 Å². The topological polar surface area (TPSA) is 59.4 Å². The molecule has 2 bridgehead atoms. The van der Waals surface area contributed by atoms with Crippen molar-refractivity contribution >= 4 is 21.6 Å². The van der Waals surface area contributed by atoms with Crippen molar-refractivity contribution in [2.24, 2.45) is 5.92 Å². The van der Waals surface area contributed by atoms with E-state index in [1.165, 1.54) is 0 Å². The van der Waals surface area contributed by atoms with E-state index in [9.17, 15) is 13.2 Å². The molecule has 0 aliphatic carbocycles. The van der Waals surface area contributed by atoms with Gasteiger partial charge in [0.1, 0.15) is 0 Å². The monoisotopic (exact) mass is 440 g/mol. The molecule has 0 N–H and O–H groups in total. The number of hydrogen-bond donors (Lipinski definition) is 0. The van der Waals surface area contributed by atoms with E-state index >= 15 is 0 Å². The van der Waals surface area contributed by atoms with Gasteiger partial charge in [0.2, 0.25) is 10.0 Å². The molecule has 0 spiro atoms. The third kappa shape index (κ3) is 3.29. The van der Waals surface area contributed by atoms with E-state index in [2.05, 4.69) is 0 Å². The van der Waals surface area contributed by atoms with Gasteiger partial charge in [-0.3, -0.25) is 4.79 Å². The summed E-state index contributed by atoms with van der Waals surface area (Å²) in [4.78, 5) is 13.5. The molecule has 1 fully saturated rings. The summed E-state index contributed by atoms with van der Waals surface area (Å²) in [5.74, 6) is 0.135. The Labute approximate surface area is 180 Å². The van der Waals surface area contributed by atoms with Crippen LogP contribution >= 0.6 is 11.6 Å². The highest BCUT2D eigenvalue weighted by molar-refractivity contribution is 7.89. The second kappa shape index (κ2) is 7.38. The number of piperidine rings is 1. The van der Waals surface area contributed by atoms with Crippen molar-refractivity contribution in [1.29, 1.82) is 0 Å². The first-order chi connectivity index (χ1) is 14.4. The SMILES string of the molecule is O=c1c(-c2ccc(Cl)cc2)ccc2n1CC1CC2CN(S(=O)(=O)c2ccccc2)C1. The van der Waals surface area contributed by atoms with E-state index in [-0.39, 0.29) is 17.4 Å². The molecule has 1 aromatic heterocycles. The van der Waals surface area contributed by atoms with Crippen molar-refractivity contribution in [2.75, 3.05) is 13.1 Å². The van der Waals surface area contributed by atoms with E-state index in [0.29, 0.717) is 35.1 Å². The molecule has 5 rings (SSSR count). The Hall–Kier alpha value is -2.41. The Bertz CT molecular complexity index is 1250. The molecule has 2 unspecified atom stereocenters. The minimum absolute atomic E-state index is 0.0166. The maximum atomic E-state index is 13.2. The lowest BCUT2D eigenvalue weighted by molar-refractivity contribution is 0.186. The zero-order chi connectivity index (χ0) is 20.9. The molecule has 3 heterocycles. The number of sulfonamides is 1. The number of pyridine rings is 1. The predicted molar refractivity (Wildman–Crippen MR) is 117 cm³/mol. The van der Waals surface area contributed by atoms with Gasteiger partial charge in [-0.1, -0.05) is 41.9 Å². The Morgan fingerprint density at radius 3 is 2.33 bits per heavy atom. The summed E-state index contributed by atoms with van der Waals surface area (Å²) >= 11 is 5.98. The lowest BCUT2D eigenvalue weighted by Gasteiger charge is -2.42. The standard InChI is InChI=1S/C23H21ClN2O3S/c24-19-8-6-17(7-9-19)21-10-11-22-18-12-16(14-26(22)23(21)27)13-25(15-18)30(28,29)20-4-2-1-3-5-20/h1-11,16,18H,12-15H2. The quantitative estimate of drug-likeness (QED) is 0.619. The van der Waals surface area contributed by atoms with Crippen molar-refractivity contribution in [1.82, 2.24) is 8.87 Å². The van der Waals surface area contributed by atoms with Crippen molar-refractivity contribution in [3.63, 3.8) is 0 Å². The number of nitrogens with zero attached hydrogens (tertiary/aromatic N) is 2. The molecular formula is C23H21ClN2O3S. The van der Waals surface area contributed by atoms with E-state index in [1.54, 1.807) is 40.7 Å². The molecule has 3 aromatic rings. The predicted octanol–water partition coefficient (Wildman–Crippen LogP) is 3.98. The molecule has 0 radical (unpaired) electrons. The van der Waals surface area contributed by atoms with E-state index in [0.717, 1.165) is 17.7 Å². The lowest BCUT2D eigenvalue weighted by Crippen LogP contribution is -2.49. The number of halogens is 1. The smallest absolute Gasteiger partial charge is 0.258 e. The van der Waals surface area contributed by atoms with Crippen molar-refractivity contribution in [2.45, 2.75) is 23.8 Å². The molecule has 7 heteroatoms. The van der Waals surface area contributed by atoms with Crippen LogP contribution in [-0.2, 0) is 16.6 Å². The second-order valence-corrected chi connectivity index (χ2v) is 10.4. The molecule has 1 saturated heterocycles. The Morgan fingerprint density at radius 2 is 1.60 bits per heavy atom. The third-order valence-corrected chi connectivity index (χ3v) is 8.20. The van der Waals surface area contributed by atoms with Crippen LogP contribution in [0.5, 0.6) is 0 Å². The Morgan fingerprint density at radius 1 is 0.867 bits per heavy atom. The van der Waals surface area contributed by atoms with Crippen molar-refractivity contribution < 1.29 is 8.42 Å². The largest absolute Gasteiger partial charge is 0.311 e. The molecule has 2 aliphatic rings. The highest BCUT2D eigenvalue weighted by Crippen LogP contribution is 2.37. The van der Waals surface area contributed by atoms with Crippen LogP contribution in [0.3, 0.4) is 0 Å². The lowest BCUT2D eigenvalue weighted by atomic mass is 9.84. The van der Waals surface area contributed by atoms with Gasteiger partial charge in [-0.2, -0.15) is 4.31 Å². The minimum Gasteiger partial charge on any atom is -0.311 e. The summed E-state index contributed by atoms with van der Waals surface area (Å²) in [5, 5.41) is 0.631. The summed E-state index contributed by atoms with van der Waals surface area (Å²) in [6.45, 7) is 1.37. The zero-order valence-electron chi connectivity index (χ0n) is 16.2. The molecular weight excluding hydrogens is 420 g/mol. The van der Waals surface area contributed by atoms with E-state index in [4.69, 9.17) is 11.6 Å². The number of rotatable bonds is 3. The van der Waals surface area contributed by atoms with E-state index < -0.39 is 10.0 Å². The molecule has 2 aromatic carbocycles. The molecule has 5 nitrogen and oxygen atoms in total. The number of fused-ring (bicyclic) bond motifs is 4. The number of benzene rings is 2. The van der Waals surface area contributed by atoms with Crippen LogP contribution in [0.2, 0.25) is 5.02 Å². The van der Waals surface area contributed by atoms with Crippen LogP contribution < -0.4 is 5.56 Å². The molecule has 0 saturated carbocycles. The highest BCUT2D eigenvalue weighted by Gasteiger charge is 2.39. The van der Waals surface area contributed by atoms with Crippen molar-refractivity contribution in [3.05, 3.63) is 87.8 Å². The summed E-state index contributed by atoms with van der Waals surface area (Å²) in [6, 6.07) is 19.7. The van der Waals surface area contributed by atoms with Gasteiger partial charge < -0.3 is 4.57 Å². The molecule has 154 valence electrons. The van der Waals surface area contributed by atoms with Gasteiger partial charge in [0, 0.05) is 41.8 Å². The fourth-order valence-corrected chi connectivity index (χ4v) is 6.40. The average molecular weight is 441 g/mol. The summed E-state index contributed by atoms with van der Waals surface area (Å²) in [6.07, 6.45) is 0.903. The highest BCUT2D eigenvalue weighted by atomic mass is 35.5. The van der Waals surface area contributed by atoms with Gasteiger partial charge in [0.25, 0.3) is 5.56 Å². The van der Waals surface area contributed by atoms with Crippen LogP contribution in [0.1, 0.15) is 18.0 Å². The molecule has 0 amide bonds. The van der Waals surface area contributed by atoms with Crippen molar-refractivity contribution in [3.8, 4) is 11.1 Å².